The summed E-state index contributed by atoms with van der Waals surface area (Å²) in [6.45, 7) is 4.12. The summed E-state index contributed by atoms with van der Waals surface area (Å²) in [5.74, 6) is 0.0473. The van der Waals surface area contributed by atoms with Gasteiger partial charge in [0.05, 0.1) is 17.3 Å². The molecule has 21 heavy (non-hydrogen) atoms. The van der Waals surface area contributed by atoms with E-state index in [2.05, 4.69) is 15.2 Å². The summed E-state index contributed by atoms with van der Waals surface area (Å²) in [4.78, 5) is 4.11. The van der Waals surface area contributed by atoms with E-state index in [4.69, 9.17) is 11.6 Å². The highest BCUT2D eigenvalue weighted by atomic mass is 35.5. The maximum Gasteiger partial charge on any atom is 0.247 e. The minimum Gasteiger partial charge on any atom is -0.281 e. The third-order valence-electron chi connectivity index (χ3n) is 3.15. The zero-order valence-corrected chi connectivity index (χ0v) is 13.4. The van der Waals surface area contributed by atoms with Crippen molar-refractivity contribution in [1.29, 1.82) is 0 Å². The predicted molar refractivity (Wildman–Crippen MR) is 80.4 cm³/mol. The second-order valence-electron chi connectivity index (χ2n) is 4.54. The van der Waals surface area contributed by atoms with Gasteiger partial charge in [0.15, 0.2) is 0 Å². The summed E-state index contributed by atoms with van der Waals surface area (Å²) in [7, 11) is -3.64. The Labute approximate surface area is 129 Å². The van der Waals surface area contributed by atoms with E-state index >= 15 is 0 Å². The normalized spacial score (nSPS) is 12.0. The second kappa shape index (κ2) is 6.55. The van der Waals surface area contributed by atoms with Crippen molar-refractivity contribution in [3.63, 3.8) is 0 Å². The summed E-state index contributed by atoms with van der Waals surface area (Å²) in [5.41, 5.74) is 1.73. The van der Waals surface area contributed by atoms with Gasteiger partial charge in [0, 0.05) is 25.5 Å². The third kappa shape index (κ3) is 3.25. The molecule has 0 unspecified atom stereocenters. The predicted octanol–water partition coefficient (Wildman–Crippen LogP) is 2.06. The van der Waals surface area contributed by atoms with Crippen LogP contribution >= 0.6 is 11.6 Å². The van der Waals surface area contributed by atoms with Crippen molar-refractivity contribution >= 4 is 21.6 Å². The summed E-state index contributed by atoms with van der Waals surface area (Å²) >= 11 is 5.79. The molecule has 0 radical (unpaired) electrons. The van der Waals surface area contributed by atoms with Crippen LogP contribution in [0.4, 0.5) is 0 Å². The molecule has 0 fully saturated rings. The largest absolute Gasteiger partial charge is 0.281 e. The van der Waals surface area contributed by atoms with E-state index in [1.165, 1.54) is 4.31 Å². The van der Waals surface area contributed by atoms with Gasteiger partial charge in [-0.2, -0.15) is 9.40 Å². The maximum atomic E-state index is 12.8. The molecule has 2 aromatic heterocycles. The van der Waals surface area contributed by atoms with Gasteiger partial charge in [-0.3, -0.25) is 10.1 Å². The second-order valence-corrected chi connectivity index (χ2v) is 6.69. The summed E-state index contributed by atoms with van der Waals surface area (Å²) < 4.78 is 27.0. The van der Waals surface area contributed by atoms with Gasteiger partial charge >= 0.3 is 0 Å². The first-order chi connectivity index (χ1) is 10.0. The number of alkyl halides is 1. The Hall–Kier alpha value is -1.44. The Kier molecular flexibility index (Phi) is 4.97. The summed E-state index contributed by atoms with van der Waals surface area (Å²) in [6, 6.07) is 3.59. The molecule has 8 heteroatoms. The minimum atomic E-state index is -3.64. The molecule has 0 saturated heterocycles. The number of hydrogen-bond donors (Lipinski definition) is 1. The number of sulfonamides is 1. The molecular formula is C13H17ClN4O2S. The Morgan fingerprint density at radius 3 is 2.57 bits per heavy atom. The quantitative estimate of drug-likeness (QED) is 0.823. The number of aromatic amines is 1. The number of H-pyrrole nitrogens is 1. The summed E-state index contributed by atoms with van der Waals surface area (Å²) in [5, 5.41) is 6.64. The molecule has 0 aliphatic rings. The molecule has 2 rings (SSSR count). The number of rotatable bonds is 6. The molecular weight excluding hydrogens is 312 g/mol. The van der Waals surface area contributed by atoms with E-state index in [-0.39, 0.29) is 17.3 Å². The minimum absolute atomic E-state index is 0.0473. The number of nitrogens with one attached hydrogen (secondary N) is 1. The molecule has 1 N–H and O–H groups in total. The van der Waals surface area contributed by atoms with Crippen LogP contribution in [0.15, 0.2) is 29.4 Å². The smallest absolute Gasteiger partial charge is 0.247 e. The van der Waals surface area contributed by atoms with Gasteiger partial charge < -0.3 is 0 Å². The Morgan fingerprint density at radius 2 is 2.00 bits per heavy atom. The Morgan fingerprint density at radius 1 is 1.33 bits per heavy atom. The van der Waals surface area contributed by atoms with Crippen molar-refractivity contribution in [2.75, 3.05) is 6.54 Å². The van der Waals surface area contributed by atoms with Crippen molar-refractivity contribution in [2.24, 2.45) is 0 Å². The number of pyridine rings is 1. The van der Waals surface area contributed by atoms with E-state index in [1.54, 1.807) is 38.4 Å². The Bertz CT molecular complexity index is 700. The van der Waals surface area contributed by atoms with Gasteiger partial charge in [0.1, 0.15) is 4.90 Å². The molecule has 2 heterocycles. The van der Waals surface area contributed by atoms with Crippen LogP contribution in [0.5, 0.6) is 0 Å². The fourth-order valence-corrected chi connectivity index (χ4v) is 4.13. The molecule has 0 atom stereocenters. The average Bonchev–Trinajstić information content (AvgIpc) is 2.87. The highest BCUT2D eigenvalue weighted by Gasteiger charge is 2.29. The van der Waals surface area contributed by atoms with Gasteiger partial charge in [0.25, 0.3) is 0 Å². The lowest BCUT2D eigenvalue weighted by molar-refractivity contribution is 0.422. The number of aryl methyl sites for hydroxylation is 1. The zero-order chi connectivity index (χ0) is 15.5. The molecule has 0 aliphatic heterocycles. The van der Waals surface area contributed by atoms with Crippen LogP contribution in [0.2, 0.25) is 0 Å². The number of halogens is 1. The van der Waals surface area contributed by atoms with Crippen molar-refractivity contribution in [1.82, 2.24) is 19.5 Å². The number of nitrogens with zero attached hydrogens (tertiary/aromatic N) is 3. The highest BCUT2D eigenvalue weighted by Crippen LogP contribution is 2.24. The van der Waals surface area contributed by atoms with Crippen LogP contribution in [0.3, 0.4) is 0 Å². The van der Waals surface area contributed by atoms with E-state index in [1.807, 2.05) is 0 Å². The summed E-state index contributed by atoms with van der Waals surface area (Å²) in [6.07, 6.45) is 3.28. The van der Waals surface area contributed by atoms with Gasteiger partial charge in [-0.25, -0.2) is 8.42 Å². The number of hydrogen-bond acceptors (Lipinski definition) is 4. The van der Waals surface area contributed by atoms with Gasteiger partial charge in [-0.1, -0.05) is 6.92 Å². The van der Waals surface area contributed by atoms with E-state index in [9.17, 15) is 8.42 Å². The molecule has 114 valence electrons. The highest BCUT2D eigenvalue weighted by molar-refractivity contribution is 7.89. The van der Waals surface area contributed by atoms with Gasteiger partial charge in [0.2, 0.25) is 10.0 Å². The lowest BCUT2D eigenvalue weighted by Crippen LogP contribution is -2.31. The molecule has 0 aliphatic carbocycles. The first-order valence-electron chi connectivity index (χ1n) is 6.49. The van der Waals surface area contributed by atoms with Crippen LogP contribution in [0, 0.1) is 6.92 Å². The fourth-order valence-electron chi connectivity index (χ4n) is 2.09. The van der Waals surface area contributed by atoms with E-state index in [0.717, 1.165) is 5.56 Å². The van der Waals surface area contributed by atoms with Gasteiger partial charge in [-0.15, -0.1) is 11.6 Å². The molecule has 6 nitrogen and oxygen atoms in total. The zero-order valence-electron chi connectivity index (χ0n) is 11.9. The lowest BCUT2D eigenvalue weighted by Gasteiger charge is -2.20. The van der Waals surface area contributed by atoms with Crippen molar-refractivity contribution in [3.8, 4) is 0 Å². The topological polar surface area (TPSA) is 79.0 Å². The molecule has 2 aromatic rings. The van der Waals surface area contributed by atoms with Gasteiger partial charge in [-0.05, 0) is 24.6 Å². The Balaban J connectivity index is 2.38. The molecule has 0 saturated carbocycles. The fraction of sp³-hybridized carbons (Fsp3) is 0.385. The molecule has 0 spiro atoms. The molecule has 0 aromatic carbocycles. The van der Waals surface area contributed by atoms with E-state index in [0.29, 0.717) is 17.9 Å². The van der Waals surface area contributed by atoms with Crippen molar-refractivity contribution in [2.45, 2.75) is 31.2 Å². The monoisotopic (exact) mass is 328 g/mol. The number of aromatic nitrogens is 3. The van der Waals surface area contributed by atoms with Crippen LogP contribution in [0.25, 0.3) is 0 Å². The van der Waals surface area contributed by atoms with Crippen LogP contribution in [0.1, 0.15) is 23.9 Å². The van der Waals surface area contributed by atoms with Crippen LogP contribution in [-0.2, 0) is 22.4 Å². The third-order valence-corrected chi connectivity index (χ3v) is 5.52. The van der Waals surface area contributed by atoms with Crippen molar-refractivity contribution < 1.29 is 8.42 Å². The lowest BCUT2D eigenvalue weighted by atomic mass is 10.3. The first-order valence-corrected chi connectivity index (χ1v) is 8.47. The van der Waals surface area contributed by atoms with Crippen molar-refractivity contribution in [3.05, 3.63) is 41.5 Å². The molecule has 0 bridgehead atoms. The standard InChI is InChI=1S/C13H17ClN4O2S/c1-3-18(9-11-4-6-15-7-5-11)21(19,20)13-10(2)16-17-12(13)8-14/h4-7H,3,8-9H2,1-2H3,(H,16,17). The SMILES string of the molecule is CCN(Cc1ccncc1)S(=O)(=O)c1c(CCl)n[nH]c1C. The van der Waals surface area contributed by atoms with Crippen LogP contribution in [-0.4, -0.2) is 34.4 Å². The average molecular weight is 329 g/mol. The first kappa shape index (κ1) is 15.9. The van der Waals surface area contributed by atoms with E-state index < -0.39 is 10.0 Å². The van der Waals surface area contributed by atoms with Crippen LogP contribution < -0.4 is 0 Å². The molecule has 0 amide bonds. The maximum absolute atomic E-state index is 12.8.